The van der Waals surface area contributed by atoms with E-state index >= 15 is 0 Å². The van der Waals surface area contributed by atoms with Gasteiger partial charge >= 0.3 is 0 Å². The van der Waals surface area contributed by atoms with Gasteiger partial charge < -0.3 is 9.64 Å². The highest BCUT2D eigenvalue weighted by atomic mass is 19.1. The third-order valence-corrected chi connectivity index (χ3v) is 4.25. The fourth-order valence-electron chi connectivity index (χ4n) is 2.76. The van der Waals surface area contributed by atoms with Crippen molar-refractivity contribution >= 4 is 17.6 Å². The molecule has 2 aromatic carbocycles. The van der Waals surface area contributed by atoms with Crippen LogP contribution in [0.25, 0.3) is 0 Å². The lowest BCUT2D eigenvalue weighted by atomic mass is 10.0. The maximum absolute atomic E-state index is 14.4. The van der Waals surface area contributed by atoms with Gasteiger partial charge in [0.15, 0.2) is 0 Å². The van der Waals surface area contributed by atoms with Crippen molar-refractivity contribution < 1.29 is 9.13 Å². The van der Waals surface area contributed by atoms with Gasteiger partial charge in [-0.05, 0) is 41.3 Å². The van der Waals surface area contributed by atoms with Gasteiger partial charge in [-0.3, -0.25) is 4.99 Å². The van der Waals surface area contributed by atoms with Crippen molar-refractivity contribution in [1.82, 2.24) is 0 Å². The molecule has 0 saturated carbocycles. The average molecular weight is 326 g/mol. The first-order valence-corrected chi connectivity index (χ1v) is 8.40. The molecule has 0 bridgehead atoms. The third kappa shape index (κ3) is 4.01. The molecule has 0 radical (unpaired) electrons. The van der Waals surface area contributed by atoms with Crippen LogP contribution in [-0.2, 0) is 4.74 Å². The van der Waals surface area contributed by atoms with E-state index in [-0.39, 0.29) is 5.82 Å². The molecule has 1 heterocycles. The number of halogens is 1. The molecule has 0 aromatic heterocycles. The molecule has 4 heteroatoms. The molecule has 0 atom stereocenters. The standard InChI is InChI=1S/C20H23FN2O/c1-15(2)17-4-6-18(7-5-17)22-14-16-3-8-20(19(21)13-16)23-9-11-24-12-10-23/h3-8,13-15H,9-12H2,1-2H3. The Morgan fingerprint density at radius 1 is 1.08 bits per heavy atom. The van der Waals surface area contributed by atoms with Gasteiger partial charge in [0.05, 0.1) is 24.6 Å². The SMILES string of the molecule is CC(C)c1ccc(N=Cc2ccc(N3CCOCC3)c(F)c2)cc1. The minimum Gasteiger partial charge on any atom is -0.378 e. The van der Waals surface area contributed by atoms with E-state index in [0.29, 0.717) is 24.8 Å². The average Bonchev–Trinajstić information content (AvgIpc) is 2.61. The molecule has 1 aliphatic rings. The molecule has 0 unspecified atom stereocenters. The summed E-state index contributed by atoms with van der Waals surface area (Å²) in [5.41, 5.74) is 3.56. The number of morpholine rings is 1. The summed E-state index contributed by atoms with van der Waals surface area (Å²) < 4.78 is 19.7. The van der Waals surface area contributed by atoms with Gasteiger partial charge in [-0.2, -0.15) is 0 Å². The van der Waals surface area contributed by atoms with Crippen molar-refractivity contribution in [2.75, 3.05) is 31.2 Å². The van der Waals surface area contributed by atoms with Gasteiger partial charge in [0.25, 0.3) is 0 Å². The van der Waals surface area contributed by atoms with E-state index in [9.17, 15) is 4.39 Å². The van der Waals surface area contributed by atoms with E-state index in [2.05, 4.69) is 31.0 Å². The largest absolute Gasteiger partial charge is 0.378 e. The van der Waals surface area contributed by atoms with Crippen LogP contribution in [0.2, 0.25) is 0 Å². The number of anilines is 1. The van der Waals surface area contributed by atoms with Crippen LogP contribution >= 0.6 is 0 Å². The Kier molecular flexibility index (Phi) is 5.26. The van der Waals surface area contributed by atoms with E-state index in [1.807, 2.05) is 29.2 Å². The molecule has 1 fully saturated rings. The normalized spacial score (nSPS) is 15.4. The summed E-state index contributed by atoms with van der Waals surface area (Å²) in [6, 6.07) is 13.4. The third-order valence-electron chi connectivity index (χ3n) is 4.25. The first-order chi connectivity index (χ1) is 11.6. The van der Waals surface area contributed by atoms with Crippen molar-refractivity contribution in [2.24, 2.45) is 4.99 Å². The number of rotatable bonds is 4. The summed E-state index contributed by atoms with van der Waals surface area (Å²) in [7, 11) is 0. The Bertz CT molecular complexity index is 704. The molecule has 3 nitrogen and oxygen atoms in total. The summed E-state index contributed by atoms with van der Waals surface area (Å²) in [6.45, 7) is 7.08. The molecule has 0 amide bonds. The van der Waals surface area contributed by atoms with Crippen LogP contribution in [0.5, 0.6) is 0 Å². The summed E-state index contributed by atoms with van der Waals surface area (Å²) >= 11 is 0. The Morgan fingerprint density at radius 2 is 1.79 bits per heavy atom. The van der Waals surface area contributed by atoms with E-state index < -0.39 is 0 Å². The maximum atomic E-state index is 14.4. The molecule has 0 N–H and O–H groups in total. The highest BCUT2D eigenvalue weighted by Crippen LogP contribution is 2.22. The molecular weight excluding hydrogens is 303 g/mol. The number of hydrogen-bond donors (Lipinski definition) is 0. The molecule has 3 rings (SSSR count). The van der Waals surface area contributed by atoms with Crippen LogP contribution in [0.3, 0.4) is 0 Å². The Morgan fingerprint density at radius 3 is 2.42 bits per heavy atom. The Hall–Kier alpha value is -2.20. The van der Waals surface area contributed by atoms with Crippen LogP contribution in [0, 0.1) is 5.82 Å². The first-order valence-electron chi connectivity index (χ1n) is 8.40. The minimum atomic E-state index is -0.212. The molecule has 0 aliphatic carbocycles. The van der Waals surface area contributed by atoms with Crippen molar-refractivity contribution in [3.05, 3.63) is 59.4 Å². The van der Waals surface area contributed by atoms with Gasteiger partial charge in [0, 0.05) is 19.3 Å². The van der Waals surface area contributed by atoms with Gasteiger partial charge in [-0.25, -0.2) is 4.39 Å². The fraction of sp³-hybridized carbons (Fsp3) is 0.350. The number of aliphatic imine (C=N–C) groups is 1. The lowest BCUT2D eigenvalue weighted by molar-refractivity contribution is 0.122. The van der Waals surface area contributed by atoms with Crippen molar-refractivity contribution in [2.45, 2.75) is 19.8 Å². The fourth-order valence-corrected chi connectivity index (χ4v) is 2.76. The highest BCUT2D eigenvalue weighted by molar-refractivity contribution is 5.82. The second-order valence-corrected chi connectivity index (χ2v) is 6.31. The summed E-state index contributed by atoms with van der Waals surface area (Å²) in [4.78, 5) is 6.45. The number of nitrogens with zero attached hydrogens (tertiary/aromatic N) is 2. The van der Waals surface area contributed by atoms with Gasteiger partial charge in [0.1, 0.15) is 5.82 Å². The molecule has 1 saturated heterocycles. The summed E-state index contributed by atoms with van der Waals surface area (Å²) in [5, 5.41) is 0. The molecular formula is C20H23FN2O. The van der Waals surface area contributed by atoms with E-state index in [1.165, 1.54) is 11.6 Å². The van der Waals surface area contributed by atoms with Crippen LogP contribution in [0.15, 0.2) is 47.5 Å². The minimum absolute atomic E-state index is 0.212. The Balaban J connectivity index is 1.71. The molecule has 1 aliphatic heterocycles. The topological polar surface area (TPSA) is 24.8 Å². The molecule has 2 aromatic rings. The van der Waals surface area contributed by atoms with Crippen LogP contribution < -0.4 is 4.90 Å². The van der Waals surface area contributed by atoms with Crippen LogP contribution in [0.1, 0.15) is 30.9 Å². The highest BCUT2D eigenvalue weighted by Gasteiger charge is 2.14. The maximum Gasteiger partial charge on any atom is 0.147 e. The number of hydrogen-bond acceptors (Lipinski definition) is 3. The zero-order valence-corrected chi connectivity index (χ0v) is 14.2. The monoisotopic (exact) mass is 326 g/mol. The van der Waals surface area contributed by atoms with Crippen LogP contribution in [-0.4, -0.2) is 32.5 Å². The Labute approximate surface area is 142 Å². The van der Waals surface area contributed by atoms with Gasteiger partial charge in [-0.15, -0.1) is 0 Å². The van der Waals surface area contributed by atoms with E-state index in [4.69, 9.17) is 4.74 Å². The van der Waals surface area contributed by atoms with Crippen molar-refractivity contribution in [3.8, 4) is 0 Å². The second kappa shape index (κ2) is 7.58. The predicted molar refractivity (Wildman–Crippen MR) is 97.2 cm³/mol. The van der Waals surface area contributed by atoms with E-state index in [0.717, 1.165) is 24.3 Å². The molecule has 24 heavy (non-hydrogen) atoms. The summed E-state index contributed by atoms with van der Waals surface area (Å²) in [6.07, 6.45) is 1.70. The lowest BCUT2D eigenvalue weighted by Crippen LogP contribution is -2.36. The van der Waals surface area contributed by atoms with E-state index in [1.54, 1.807) is 6.21 Å². The molecule has 126 valence electrons. The lowest BCUT2D eigenvalue weighted by Gasteiger charge is -2.29. The second-order valence-electron chi connectivity index (χ2n) is 6.31. The van der Waals surface area contributed by atoms with Gasteiger partial charge in [-0.1, -0.05) is 32.0 Å². The first kappa shape index (κ1) is 16.7. The smallest absolute Gasteiger partial charge is 0.147 e. The molecule has 0 spiro atoms. The van der Waals surface area contributed by atoms with Gasteiger partial charge in [0.2, 0.25) is 0 Å². The van der Waals surface area contributed by atoms with Crippen molar-refractivity contribution in [1.29, 1.82) is 0 Å². The zero-order valence-electron chi connectivity index (χ0n) is 14.2. The zero-order chi connectivity index (χ0) is 16.9. The predicted octanol–water partition coefficient (Wildman–Crippen LogP) is 4.54. The number of ether oxygens (including phenoxy) is 1. The quantitative estimate of drug-likeness (QED) is 0.771. The van der Waals surface area contributed by atoms with Crippen molar-refractivity contribution in [3.63, 3.8) is 0 Å². The number of benzene rings is 2. The van der Waals surface area contributed by atoms with Crippen LogP contribution in [0.4, 0.5) is 15.8 Å². The summed E-state index contributed by atoms with van der Waals surface area (Å²) in [5.74, 6) is 0.292.